The van der Waals surface area contributed by atoms with Gasteiger partial charge in [-0.05, 0) is 0 Å². The van der Waals surface area contributed by atoms with Gasteiger partial charge in [0.1, 0.15) is 0 Å². The van der Waals surface area contributed by atoms with E-state index in [1.54, 1.807) is 0 Å². The molecule has 0 rings (SSSR count). The number of nitrogens with zero attached hydrogens (tertiary/aromatic N) is 1. The van der Waals surface area contributed by atoms with E-state index in [1.807, 2.05) is 0 Å². The Morgan fingerprint density at radius 2 is 1.60 bits per heavy atom. The predicted molar refractivity (Wildman–Crippen MR) is 19.1 cm³/mol. The van der Waals surface area contributed by atoms with Gasteiger partial charge in [-0.3, -0.25) is 0 Å². The van der Waals surface area contributed by atoms with E-state index in [4.69, 9.17) is 10.1 Å². The molecule has 0 unspecified atom stereocenters. The van der Waals surface area contributed by atoms with Crippen molar-refractivity contribution < 1.29 is 5.21 Å². The molecule has 0 heterocycles. The fourth-order valence-electron chi connectivity index (χ4n) is 0. The second kappa shape index (κ2) is 20.6. The van der Waals surface area contributed by atoms with Gasteiger partial charge < -0.3 is 5.21 Å². The van der Waals surface area contributed by atoms with Crippen LogP contribution in [0.25, 0.3) is 0 Å². The Hall–Kier alpha value is 0.906. The van der Waals surface area contributed by atoms with Crippen LogP contribution in [0.1, 0.15) is 0 Å². The zero-order chi connectivity index (χ0) is 2.71. The van der Waals surface area contributed by atoms with Gasteiger partial charge in [0.25, 0.3) is 0 Å². The van der Waals surface area contributed by atoms with Crippen LogP contribution >= 0.6 is 0 Å². The summed E-state index contributed by atoms with van der Waals surface area (Å²) in [6, 6.07) is 0. The van der Waals surface area contributed by atoms with E-state index >= 15 is 0 Å². The van der Waals surface area contributed by atoms with Crippen molar-refractivity contribution in [1.29, 1.82) is 0 Å². The quantitative estimate of drug-likeness (QED) is 0.343. The van der Waals surface area contributed by atoms with Gasteiger partial charge in [0, 0.05) is 45.6 Å². The Morgan fingerprint density at radius 3 is 1.60 bits per heavy atom. The van der Waals surface area contributed by atoms with Crippen molar-refractivity contribution in [1.82, 2.24) is 0 Å². The molecule has 0 atom stereocenters. The van der Waals surface area contributed by atoms with E-state index in [0.29, 0.717) is 0 Å². The molecule has 0 bridgehead atoms. The maximum absolute atomic E-state index is 8.11. The summed E-state index contributed by atoms with van der Waals surface area (Å²) in [5.41, 5.74) is 0. The monoisotopic (exact) mass is 231 g/mol. The summed E-state index contributed by atoms with van der Waals surface area (Å²) >= 11 is 0. The Morgan fingerprint density at radius 1 is 1.60 bits per heavy atom. The van der Waals surface area contributed by atoms with Crippen LogP contribution in [0, 0.1) is 4.91 Å². The fraction of sp³-hybridized carbons (Fsp3) is 0. The van der Waals surface area contributed by atoms with Crippen molar-refractivity contribution in [3.63, 3.8) is 0 Å². The average Bonchev–Trinajstić information content (AvgIpc) is 0.918. The summed E-state index contributed by atoms with van der Waals surface area (Å²) in [4.78, 5) is 8.11. The van der Waals surface area contributed by atoms with Crippen molar-refractivity contribution >= 4 is 45.6 Å². The van der Waals surface area contributed by atoms with E-state index in [2.05, 4.69) is 0 Å². The second-order valence-corrected chi connectivity index (χ2v) is 0.0816. The first kappa shape index (κ1) is 16.8. The van der Waals surface area contributed by atoms with Crippen LogP contribution in [0.15, 0.2) is 5.34 Å². The van der Waals surface area contributed by atoms with E-state index in [1.165, 1.54) is 5.34 Å². The molecule has 3 nitrogen and oxygen atoms in total. The predicted octanol–water partition coefficient (Wildman–Crippen LogP) is -0.620. The molecule has 0 aromatic heterocycles. The normalized spacial score (nSPS) is 2.40. The molecule has 5 heavy (non-hydrogen) atoms. The first-order valence-electron chi connectivity index (χ1n) is 0.383. The van der Waals surface area contributed by atoms with Crippen LogP contribution in [-0.2, 0) is 0 Å². The van der Waals surface area contributed by atoms with Crippen molar-refractivity contribution in [2.24, 2.45) is 5.34 Å². The molecule has 6 radical (unpaired) electrons. The maximum Gasteiger partial charge on any atom is 0.152 e. The van der Waals surface area contributed by atoms with Crippen LogP contribution in [0.5, 0.6) is 0 Å². The summed E-state index contributed by atoms with van der Waals surface area (Å²) in [5, 5.41) is 7.89. The largest absolute Gasteiger partial charge is 0.379 e. The summed E-state index contributed by atoms with van der Waals surface area (Å²) in [6.07, 6.45) is 0. The van der Waals surface area contributed by atoms with Crippen LogP contribution in [0.3, 0.4) is 0 Å². The Kier molecular flexibility index (Phi) is 69.3. The van der Waals surface area contributed by atoms with Crippen molar-refractivity contribution in [2.45, 2.75) is 0 Å². The van der Waals surface area contributed by atoms with Crippen LogP contribution < -0.4 is 0 Å². The third-order valence-electron chi connectivity index (χ3n) is 0. The minimum atomic E-state index is 0. The minimum absolute atomic E-state index is 0. The molecular formula is HGaInNO2. The zero-order valence-corrected chi connectivity index (χ0v) is 8.18. The SMILES string of the molecule is O=NO.[Ga].[In]. The van der Waals surface area contributed by atoms with Gasteiger partial charge in [0.15, 0.2) is 5.34 Å². The molecule has 1 N–H and O–H groups in total. The van der Waals surface area contributed by atoms with E-state index in [0.717, 1.165) is 0 Å². The molecular weight excluding hydrogens is 231 g/mol. The van der Waals surface area contributed by atoms with Crippen LogP contribution in [0.4, 0.5) is 0 Å². The molecule has 24 valence electrons. The third-order valence-corrected chi connectivity index (χ3v) is 0. The molecule has 0 amide bonds. The van der Waals surface area contributed by atoms with Gasteiger partial charge in [0.05, 0.1) is 0 Å². The second-order valence-electron chi connectivity index (χ2n) is 0.0816. The van der Waals surface area contributed by atoms with Gasteiger partial charge in [-0.25, -0.2) is 0 Å². The van der Waals surface area contributed by atoms with E-state index in [-0.39, 0.29) is 45.6 Å². The van der Waals surface area contributed by atoms with Gasteiger partial charge in [-0.15, -0.1) is 4.91 Å². The Balaban J connectivity index is -0.0000000200. The third kappa shape index (κ3) is 50.4. The molecule has 0 saturated carbocycles. The fourth-order valence-corrected chi connectivity index (χ4v) is 0. The topological polar surface area (TPSA) is 49.7 Å². The van der Waals surface area contributed by atoms with Gasteiger partial charge in [0.2, 0.25) is 0 Å². The molecule has 0 fully saturated rings. The van der Waals surface area contributed by atoms with Crippen molar-refractivity contribution in [3.05, 3.63) is 4.91 Å². The summed E-state index contributed by atoms with van der Waals surface area (Å²) in [6.45, 7) is 0. The van der Waals surface area contributed by atoms with Gasteiger partial charge in [-0.2, -0.15) is 0 Å². The zero-order valence-electron chi connectivity index (χ0n) is 2.46. The molecule has 0 aliphatic heterocycles. The molecule has 0 aliphatic carbocycles. The standard InChI is InChI=1S/Ga.In.HNO2/c;;2-1-3/h;;(H,2,3). The Bertz CT molecular complexity index is 17.1. The smallest absolute Gasteiger partial charge is 0.152 e. The summed E-state index contributed by atoms with van der Waals surface area (Å²) in [5.74, 6) is 0. The van der Waals surface area contributed by atoms with E-state index in [9.17, 15) is 0 Å². The number of hydrogen-bond donors (Lipinski definition) is 1. The van der Waals surface area contributed by atoms with Gasteiger partial charge >= 0.3 is 0 Å². The number of rotatable bonds is 0. The summed E-state index contributed by atoms with van der Waals surface area (Å²) < 4.78 is 0. The maximum atomic E-state index is 8.11. The first-order chi connectivity index (χ1) is 1.41. The van der Waals surface area contributed by atoms with Crippen LogP contribution in [0.2, 0.25) is 0 Å². The number of hydrogen-bond acceptors (Lipinski definition) is 2. The average molecular weight is 232 g/mol. The summed E-state index contributed by atoms with van der Waals surface area (Å²) in [7, 11) is 0. The van der Waals surface area contributed by atoms with Crippen molar-refractivity contribution in [2.75, 3.05) is 0 Å². The molecule has 0 spiro atoms. The molecule has 5 heteroatoms. The molecule has 0 aromatic carbocycles. The molecule has 0 saturated heterocycles. The Labute approximate surface area is 60.9 Å². The molecule has 0 aliphatic rings. The molecule has 0 aromatic rings. The first-order valence-corrected chi connectivity index (χ1v) is 0.383. The van der Waals surface area contributed by atoms with Crippen LogP contribution in [-0.4, -0.2) is 50.8 Å². The minimum Gasteiger partial charge on any atom is -0.379 e. The van der Waals surface area contributed by atoms with Gasteiger partial charge in [-0.1, -0.05) is 0 Å². The van der Waals surface area contributed by atoms with E-state index < -0.39 is 0 Å². The van der Waals surface area contributed by atoms with Crippen molar-refractivity contribution in [3.8, 4) is 0 Å².